The minimum atomic E-state index is -0.638. The fourth-order valence-electron chi connectivity index (χ4n) is 1.87. The molecule has 2 nitrogen and oxygen atoms in total. The van der Waals surface area contributed by atoms with Crippen molar-refractivity contribution >= 4 is 0 Å². The summed E-state index contributed by atoms with van der Waals surface area (Å²) in [6, 6.07) is 13.7. The molecular formula is C15H17NO. The average molecular weight is 227 g/mol. The van der Waals surface area contributed by atoms with Crippen molar-refractivity contribution in [1.29, 1.82) is 0 Å². The number of nitrogens with zero attached hydrogens (tertiary/aromatic N) is 1. The van der Waals surface area contributed by atoms with Gasteiger partial charge in [0.15, 0.2) is 0 Å². The van der Waals surface area contributed by atoms with E-state index in [4.69, 9.17) is 0 Å². The second kappa shape index (κ2) is 5.11. The molecule has 0 aliphatic rings. The van der Waals surface area contributed by atoms with Crippen LogP contribution in [0.1, 0.15) is 35.5 Å². The van der Waals surface area contributed by atoms with Gasteiger partial charge in [-0.15, -0.1) is 0 Å². The molecule has 2 heteroatoms. The van der Waals surface area contributed by atoms with Crippen LogP contribution in [0.4, 0.5) is 0 Å². The second-order valence-corrected chi connectivity index (χ2v) is 4.20. The number of aliphatic hydroxyl groups is 1. The number of rotatable bonds is 3. The largest absolute Gasteiger partial charge is 0.382 e. The lowest BCUT2D eigenvalue weighted by molar-refractivity contribution is 0.215. The van der Waals surface area contributed by atoms with Gasteiger partial charge in [-0.2, -0.15) is 0 Å². The molecule has 1 N–H and O–H groups in total. The Kier molecular flexibility index (Phi) is 3.55. The molecule has 0 saturated carbocycles. The summed E-state index contributed by atoms with van der Waals surface area (Å²) >= 11 is 0. The maximum Gasteiger partial charge on any atom is 0.121 e. The molecule has 0 amide bonds. The molecule has 17 heavy (non-hydrogen) atoms. The highest BCUT2D eigenvalue weighted by Crippen LogP contribution is 2.21. The zero-order chi connectivity index (χ0) is 12.3. The van der Waals surface area contributed by atoms with Gasteiger partial charge in [-0.3, -0.25) is 4.98 Å². The highest BCUT2D eigenvalue weighted by Gasteiger charge is 2.11. The minimum absolute atomic E-state index is 0.638. The molecule has 0 saturated heterocycles. The topological polar surface area (TPSA) is 33.1 Å². The Balaban J connectivity index is 2.33. The first-order valence-electron chi connectivity index (χ1n) is 5.91. The van der Waals surface area contributed by atoms with E-state index in [1.807, 2.05) is 43.3 Å². The molecule has 1 atom stereocenters. The number of pyridine rings is 1. The monoisotopic (exact) mass is 227 g/mol. The molecule has 1 heterocycles. The molecule has 1 aromatic heterocycles. The number of benzene rings is 1. The maximum absolute atomic E-state index is 10.3. The van der Waals surface area contributed by atoms with Crippen molar-refractivity contribution in [3.05, 3.63) is 65.0 Å². The lowest BCUT2D eigenvalue weighted by Crippen LogP contribution is -2.03. The summed E-state index contributed by atoms with van der Waals surface area (Å²) in [6.07, 6.45) is 0.336. The Bertz CT molecular complexity index is 508. The van der Waals surface area contributed by atoms with Gasteiger partial charge >= 0.3 is 0 Å². The highest BCUT2D eigenvalue weighted by molar-refractivity contribution is 5.30. The minimum Gasteiger partial charge on any atom is -0.382 e. The zero-order valence-corrected chi connectivity index (χ0v) is 10.2. The molecule has 0 aliphatic carbocycles. The van der Waals surface area contributed by atoms with Gasteiger partial charge in [0.25, 0.3) is 0 Å². The summed E-state index contributed by atoms with van der Waals surface area (Å²) in [6.45, 7) is 4.04. The summed E-state index contributed by atoms with van der Waals surface area (Å²) in [7, 11) is 0. The van der Waals surface area contributed by atoms with E-state index in [-0.39, 0.29) is 0 Å². The van der Waals surface area contributed by atoms with E-state index in [2.05, 4.69) is 18.0 Å². The van der Waals surface area contributed by atoms with E-state index in [1.165, 1.54) is 5.56 Å². The van der Waals surface area contributed by atoms with Gasteiger partial charge in [-0.1, -0.05) is 37.3 Å². The van der Waals surface area contributed by atoms with Crippen LogP contribution in [-0.2, 0) is 6.42 Å². The van der Waals surface area contributed by atoms with Crippen molar-refractivity contribution in [1.82, 2.24) is 4.98 Å². The predicted molar refractivity (Wildman–Crippen MR) is 68.9 cm³/mol. The lowest BCUT2D eigenvalue weighted by Gasteiger charge is -2.12. The van der Waals surface area contributed by atoms with Crippen LogP contribution in [0.2, 0.25) is 0 Å². The van der Waals surface area contributed by atoms with Crippen LogP contribution in [0.25, 0.3) is 0 Å². The Morgan fingerprint density at radius 3 is 2.65 bits per heavy atom. The average Bonchev–Trinajstić information content (AvgIpc) is 2.38. The lowest BCUT2D eigenvalue weighted by atomic mass is 10.0. The summed E-state index contributed by atoms with van der Waals surface area (Å²) in [5.41, 5.74) is 3.77. The molecule has 1 aromatic carbocycles. The molecule has 0 fully saturated rings. The van der Waals surface area contributed by atoms with E-state index in [0.717, 1.165) is 17.7 Å². The van der Waals surface area contributed by atoms with Gasteiger partial charge in [-0.25, -0.2) is 0 Å². The van der Waals surface area contributed by atoms with E-state index in [0.29, 0.717) is 5.69 Å². The first-order valence-corrected chi connectivity index (χ1v) is 5.91. The summed E-state index contributed by atoms with van der Waals surface area (Å²) in [5, 5.41) is 10.3. The third-order valence-electron chi connectivity index (χ3n) is 2.87. The van der Waals surface area contributed by atoms with Crippen molar-refractivity contribution < 1.29 is 5.11 Å². The summed E-state index contributed by atoms with van der Waals surface area (Å²) in [5.74, 6) is 0. The predicted octanol–water partition coefficient (Wildman–Crippen LogP) is 3.03. The van der Waals surface area contributed by atoms with Gasteiger partial charge in [-0.05, 0) is 36.6 Å². The quantitative estimate of drug-likeness (QED) is 0.874. The molecule has 0 aliphatic heterocycles. The van der Waals surface area contributed by atoms with E-state index >= 15 is 0 Å². The van der Waals surface area contributed by atoms with Crippen LogP contribution >= 0.6 is 0 Å². The smallest absolute Gasteiger partial charge is 0.121 e. The fraction of sp³-hybridized carbons (Fsp3) is 0.267. The van der Waals surface area contributed by atoms with E-state index in [1.54, 1.807) is 0 Å². The fourth-order valence-corrected chi connectivity index (χ4v) is 1.87. The number of aryl methyl sites for hydroxylation is 2. The van der Waals surface area contributed by atoms with Crippen LogP contribution < -0.4 is 0 Å². The maximum atomic E-state index is 10.3. The zero-order valence-electron chi connectivity index (χ0n) is 10.2. The molecule has 0 radical (unpaired) electrons. The molecule has 0 bridgehead atoms. The van der Waals surface area contributed by atoms with Crippen LogP contribution in [0, 0.1) is 6.92 Å². The van der Waals surface area contributed by atoms with Crippen LogP contribution in [0.5, 0.6) is 0 Å². The van der Waals surface area contributed by atoms with Crippen molar-refractivity contribution in [3.63, 3.8) is 0 Å². The SMILES string of the molecule is CCc1cccc(C(O)c2cccc(C)n2)c1. The Morgan fingerprint density at radius 1 is 1.18 bits per heavy atom. The molecule has 1 unspecified atom stereocenters. The van der Waals surface area contributed by atoms with Gasteiger partial charge < -0.3 is 5.11 Å². The normalized spacial score (nSPS) is 12.4. The molecule has 0 spiro atoms. The van der Waals surface area contributed by atoms with Gasteiger partial charge in [0.1, 0.15) is 6.10 Å². The third-order valence-corrected chi connectivity index (χ3v) is 2.87. The van der Waals surface area contributed by atoms with Gasteiger partial charge in [0, 0.05) is 5.69 Å². The Labute approximate surface area is 102 Å². The summed E-state index contributed by atoms with van der Waals surface area (Å²) < 4.78 is 0. The summed E-state index contributed by atoms with van der Waals surface area (Å²) in [4.78, 5) is 4.35. The molecule has 2 aromatic rings. The van der Waals surface area contributed by atoms with Crippen molar-refractivity contribution in [2.24, 2.45) is 0 Å². The van der Waals surface area contributed by atoms with Gasteiger partial charge in [0.05, 0.1) is 5.69 Å². The van der Waals surface area contributed by atoms with Crippen LogP contribution in [0.3, 0.4) is 0 Å². The Hall–Kier alpha value is -1.67. The first kappa shape index (κ1) is 11.8. The van der Waals surface area contributed by atoms with E-state index in [9.17, 15) is 5.11 Å². The first-order chi connectivity index (χ1) is 8.20. The van der Waals surface area contributed by atoms with Crippen molar-refractivity contribution in [2.75, 3.05) is 0 Å². The highest BCUT2D eigenvalue weighted by atomic mass is 16.3. The number of hydrogen-bond donors (Lipinski definition) is 1. The van der Waals surface area contributed by atoms with Crippen molar-refractivity contribution in [2.45, 2.75) is 26.4 Å². The molecule has 88 valence electrons. The standard InChI is InChI=1S/C15H17NO/c1-3-12-7-5-8-13(10-12)15(17)14-9-4-6-11(2)16-14/h4-10,15,17H,3H2,1-2H3. The Morgan fingerprint density at radius 2 is 1.94 bits per heavy atom. The van der Waals surface area contributed by atoms with E-state index < -0.39 is 6.10 Å². The molecular weight excluding hydrogens is 210 g/mol. The number of aromatic nitrogens is 1. The number of aliphatic hydroxyl groups excluding tert-OH is 1. The van der Waals surface area contributed by atoms with Crippen LogP contribution in [0.15, 0.2) is 42.5 Å². The molecule has 2 rings (SSSR count). The second-order valence-electron chi connectivity index (χ2n) is 4.20. The van der Waals surface area contributed by atoms with Gasteiger partial charge in [0.2, 0.25) is 0 Å². The number of hydrogen-bond acceptors (Lipinski definition) is 2. The van der Waals surface area contributed by atoms with Crippen molar-refractivity contribution in [3.8, 4) is 0 Å². The third kappa shape index (κ3) is 2.71. The van der Waals surface area contributed by atoms with Crippen LogP contribution in [-0.4, -0.2) is 10.1 Å².